The molecule has 0 saturated heterocycles. The Morgan fingerprint density at radius 1 is 0.933 bits per heavy atom. The van der Waals surface area contributed by atoms with Crippen molar-refractivity contribution in [2.75, 3.05) is 11.9 Å². The zero-order valence-corrected chi connectivity index (χ0v) is 16.8. The molecule has 1 fully saturated rings. The molecule has 1 aliphatic carbocycles. The zero-order chi connectivity index (χ0) is 21.1. The molecule has 6 nitrogen and oxygen atoms in total. The quantitative estimate of drug-likeness (QED) is 0.606. The van der Waals surface area contributed by atoms with Crippen LogP contribution in [0, 0.1) is 5.92 Å². The maximum Gasteiger partial charge on any atom is 0.272 e. The van der Waals surface area contributed by atoms with Gasteiger partial charge in [-0.2, -0.15) is 0 Å². The molecule has 2 N–H and O–H groups in total. The van der Waals surface area contributed by atoms with Crippen molar-refractivity contribution >= 4 is 34.1 Å². The van der Waals surface area contributed by atoms with Crippen LogP contribution in [0.15, 0.2) is 54.7 Å². The molecule has 1 aliphatic rings. The normalized spacial score (nSPS) is 13.5. The molecule has 1 heterocycles. The Bertz CT molecular complexity index is 1140. The monoisotopic (exact) mass is 401 g/mol. The second kappa shape index (κ2) is 8.45. The van der Waals surface area contributed by atoms with E-state index in [-0.39, 0.29) is 23.3 Å². The lowest BCUT2D eigenvalue weighted by molar-refractivity contribution is 0.0934. The first kappa shape index (κ1) is 19.8. The number of amides is 2. The van der Waals surface area contributed by atoms with Crippen molar-refractivity contribution in [2.45, 2.75) is 26.2 Å². The van der Waals surface area contributed by atoms with Crippen LogP contribution in [0.1, 0.15) is 57.4 Å². The molecule has 30 heavy (non-hydrogen) atoms. The van der Waals surface area contributed by atoms with Crippen molar-refractivity contribution in [3.8, 4) is 0 Å². The van der Waals surface area contributed by atoms with Gasteiger partial charge in [-0.25, -0.2) is 4.98 Å². The number of benzene rings is 2. The van der Waals surface area contributed by atoms with E-state index in [1.54, 1.807) is 24.3 Å². The highest BCUT2D eigenvalue weighted by atomic mass is 16.2. The fourth-order valence-electron chi connectivity index (χ4n) is 3.70. The summed E-state index contributed by atoms with van der Waals surface area (Å²) >= 11 is 0. The lowest BCUT2D eigenvalue weighted by Crippen LogP contribution is -2.33. The third kappa shape index (κ3) is 3.94. The maximum absolute atomic E-state index is 13.1. The molecule has 0 unspecified atom stereocenters. The third-order valence-electron chi connectivity index (χ3n) is 5.60. The number of nitrogens with one attached hydrogen (secondary N) is 2. The number of rotatable bonds is 6. The summed E-state index contributed by atoms with van der Waals surface area (Å²) < 4.78 is 0. The van der Waals surface area contributed by atoms with Crippen molar-refractivity contribution in [1.82, 2.24) is 10.3 Å². The Morgan fingerprint density at radius 3 is 2.30 bits per heavy atom. The van der Waals surface area contributed by atoms with Gasteiger partial charge >= 0.3 is 0 Å². The van der Waals surface area contributed by atoms with E-state index >= 15 is 0 Å². The predicted octanol–water partition coefficient (Wildman–Crippen LogP) is 4.22. The van der Waals surface area contributed by atoms with Gasteiger partial charge in [0.1, 0.15) is 0 Å². The van der Waals surface area contributed by atoms with Gasteiger partial charge in [-0.3, -0.25) is 14.4 Å². The smallest absolute Gasteiger partial charge is 0.272 e. The molecule has 1 saturated carbocycles. The second-order valence-electron chi connectivity index (χ2n) is 7.62. The fraction of sp³-hybridized carbons (Fsp3) is 0.250. The molecule has 0 bridgehead atoms. The average Bonchev–Trinajstić information content (AvgIpc) is 2.71. The van der Waals surface area contributed by atoms with Gasteiger partial charge in [0.15, 0.2) is 11.5 Å². The number of hydrogen-bond acceptors (Lipinski definition) is 4. The average molecular weight is 401 g/mol. The highest BCUT2D eigenvalue weighted by Crippen LogP contribution is 2.26. The number of anilines is 1. The van der Waals surface area contributed by atoms with Crippen molar-refractivity contribution in [2.24, 2.45) is 5.92 Å². The van der Waals surface area contributed by atoms with Gasteiger partial charge in [-0.15, -0.1) is 0 Å². The van der Waals surface area contributed by atoms with E-state index < -0.39 is 0 Å². The summed E-state index contributed by atoms with van der Waals surface area (Å²) in [5.74, 6) is -0.186. The van der Waals surface area contributed by atoms with Gasteiger partial charge in [-0.05, 0) is 60.7 Å². The zero-order valence-electron chi connectivity index (χ0n) is 16.8. The van der Waals surface area contributed by atoms with Crippen LogP contribution in [0.2, 0.25) is 0 Å². The Morgan fingerprint density at radius 2 is 1.63 bits per heavy atom. The molecule has 6 heteroatoms. The first-order valence-corrected chi connectivity index (χ1v) is 10.1. The van der Waals surface area contributed by atoms with E-state index in [1.807, 2.05) is 24.3 Å². The Hall–Kier alpha value is -3.54. The van der Waals surface area contributed by atoms with Gasteiger partial charge in [0.25, 0.3) is 11.8 Å². The summed E-state index contributed by atoms with van der Waals surface area (Å²) in [5.41, 5.74) is 1.54. The highest BCUT2D eigenvalue weighted by Gasteiger charge is 2.21. The molecule has 2 aromatic carbocycles. The first-order chi connectivity index (χ1) is 14.5. The number of carbonyl (C=O) groups excluding carboxylic acids is 3. The van der Waals surface area contributed by atoms with Crippen LogP contribution in [0.5, 0.6) is 0 Å². The molecule has 0 atom stereocenters. The van der Waals surface area contributed by atoms with Crippen molar-refractivity contribution in [3.05, 3.63) is 71.5 Å². The molecule has 152 valence electrons. The van der Waals surface area contributed by atoms with Crippen molar-refractivity contribution < 1.29 is 14.4 Å². The molecule has 3 aromatic rings. The molecule has 0 radical (unpaired) electrons. The number of nitrogens with zero attached hydrogens (tertiary/aromatic N) is 1. The molecule has 0 aliphatic heterocycles. The summed E-state index contributed by atoms with van der Waals surface area (Å²) in [5, 5.41) is 7.14. The van der Waals surface area contributed by atoms with Crippen LogP contribution in [0.25, 0.3) is 10.8 Å². The molecule has 0 spiro atoms. The summed E-state index contributed by atoms with van der Waals surface area (Å²) in [6, 6.07) is 13.9. The number of hydrogen-bond donors (Lipinski definition) is 2. The Labute approximate surface area is 174 Å². The van der Waals surface area contributed by atoms with Crippen LogP contribution < -0.4 is 10.6 Å². The second-order valence-corrected chi connectivity index (χ2v) is 7.62. The first-order valence-electron chi connectivity index (χ1n) is 10.1. The predicted molar refractivity (Wildman–Crippen MR) is 116 cm³/mol. The van der Waals surface area contributed by atoms with Gasteiger partial charge in [0.2, 0.25) is 0 Å². The van der Waals surface area contributed by atoms with E-state index in [0.717, 1.165) is 18.2 Å². The van der Waals surface area contributed by atoms with Crippen LogP contribution in [-0.2, 0) is 0 Å². The SMILES string of the molecule is CC(=O)c1ccc(C(=O)Nc2cccnc2C(=O)NCC2CCC2)c2ccccc12. The van der Waals surface area contributed by atoms with Crippen LogP contribution in [0.4, 0.5) is 5.69 Å². The van der Waals surface area contributed by atoms with Gasteiger partial charge in [0, 0.05) is 23.9 Å². The van der Waals surface area contributed by atoms with Crippen LogP contribution in [0.3, 0.4) is 0 Å². The Kier molecular flexibility index (Phi) is 5.57. The molecule has 4 rings (SSSR count). The number of carbonyl (C=O) groups is 3. The maximum atomic E-state index is 13.1. The van der Waals surface area contributed by atoms with E-state index in [1.165, 1.54) is 19.5 Å². The number of ketones is 1. The summed E-state index contributed by atoms with van der Waals surface area (Å²) in [6.45, 7) is 2.13. The molecule has 2 amide bonds. The van der Waals surface area contributed by atoms with Crippen LogP contribution in [-0.4, -0.2) is 29.1 Å². The lowest BCUT2D eigenvalue weighted by Gasteiger charge is -2.25. The summed E-state index contributed by atoms with van der Waals surface area (Å²) in [4.78, 5) is 41.8. The van der Waals surface area contributed by atoms with Gasteiger partial charge in [0.05, 0.1) is 5.69 Å². The minimum absolute atomic E-state index is 0.0594. The Balaban J connectivity index is 1.60. The van der Waals surface area contributed by atoms with Gasteiger partial charge < -0.3 is 10.6 Å². The standard InChI is InChI=1S/C24H23N3O3/c1-15(28)17-11-12-20(19-9-3-2-8-18(17)19)23(29)27-21-10-5-13-25-22(21)24(30)26-14-16-6-4-7-16/h2-3,5,8-13,16H,4,6-7,14H2,1H3,(H,26,30)(H,27,29). The summed E-state index contributed by atoms with van der Waals surface area (Å²) in [7, 11) is 0. The third-order valence-corrected chi connectivity index (χ3v) is 5.60. The van der Waals surface area contributed by atoms with Crippen molar-refractivity contribution in [3.63, 3.8) is 0 Å². The van der Waals surface area contributed by atoms with Crippen LogP contribution >= 0.6 is 0 Å². The molecular weight excluding hydrogens is 378 g/mol. The van der Waals surface area contributed by atoms with Crippen molar-refractivity contribution in [1.29, 1.82) is 0 Å². The van der Waals surface area contributed by atoms with E-state index in [9.17, 15) is 14.4 Å². The largest absolute Gasteiger partial charge is 0.350 e. The van der Waals surface area contributed by atoms with Gasteiger partial charge in [-0.1, -0.05) is 30.7 Å². The minimum Gasteiger partial charge on any atom is -0.350 e. The topological polar surface area (TPSA) is 88.2 Å². The summed E-state index contributed by atoms with van der Waals surface area (Å²) in [6.07, 6.45) is 5.01. The molecular formula is C24H23N3O3. The van der Waals surface area contributed by atoms with E-state index in [0.29, 0.717) is 34.7 Å². The van der Waals surface area contributed by atoms with E-state index in [2.05, 4.69) is 15.6 Å². The lowest BCUT2D eigenvalue weighted by atomic mass is 9.85. The fourth-order valence-corrected chi connectivity index (χ4v) is 3.70. The highest BCUT2D eigenvalue weighted by molar-refractivity contribution is 6.18. The number of Topliss-reactive ketones (excluding diaryl/α,β-unsaturated/α-hetero) is 1. The number of aromatic nitrogens is 1. The number of fused-ring (bicyclic) bond motifs is 1. The number of pyridine rings is 1. The minimum atomic E-state index is -0.359. The van der Waals surface area contributed by atoms with E-state index in [4.69, 9.17) is 0 Å². The molecule has 1 aromatic heterocycles.